The lowest BCUT2D eigenvalue weighted by Gasteiger charge is -2.36. The van der Waals surface area contributed by atoms with Crippen LogP contribution in [0, 0.1) is 0 Å². The van der Waals surface area contributed by atoms with Crippen LogP contribution < -0.4 is 21.3 Å². The van der Waals surface area contributed by atoms with Crippen LogP contribution in [0.3, 0.4) is 0 Å². The van der Waals surface area contributed by atoms with Crippen LogP contribution >= 0.6 is 0 Å². The van der Waals surface area contributed by atoms with Crippen molar-refractivity contribution in [3.05, 3.63) is 29.6 Å². The van der Waals surface area contributed by atoms with Crippen molar-refractivity contribution >= 4 is 0 Å². The van der Waals surface area contributed by atoms with Gasteiger partial charge in [0.2, 0.25) is 0 Å². The minimum absolute atomic E-state index is 0.283. The second kappa shape index (κ2) is 9.66. The van der Waals surface area contributed by atoms with Gasteiger partial charge in [-0.25, -0.2) is 0 Å². The van der Waals surface area contributed by atoms with Gasteiger partial charge in [-0.1, -0.05) is 31.7 Å². The highest BCUT2D eigenvalue weighted by Crippen LogP contribution is 2.24. The Balaban J connectivity index is 1.56. The van der Waals surface area contributed by atoms with E-state index in [0.29, 0.717) is 24.2 Å². The Hall–Kier alpha value is -1.01. The van der Waals surface area contributed by atoms with Crippen molar-refractivity contribution in [2.75, 3.05) is 13.1 Å². The smallest absolute Gasteiger partial charge is 0.0574 e. The van der Waals surface area contributed by atoms with Crippen molar-refractivity contribution in [2.24, 2.45) is 0 Å². The lowest BCUT2D eigenvalue weighted by Crippen LogP contribution is -2.54. The summed E-state index contributed by atoms with van der Waals surface area (Å²) in [5.41, 5.74) is 2.34. The van der Waals surface area contributed by atoms with E-state index in [1.165, 1.54) is 62.8 Å². The first-order valence-electron chi connectivity index (χ1n) is 11.7. The third-order valence-electron chi connectivity index (χ3n) is 7.08. The molecule has 2 aliphatic carbocycles. The summed E-state index contributed by atoms with van der Waals surface area (Å²) in [6.45, 7) is 6.66. The summed E-state index contributed by atoms with van der Waals surface area (Å²) in [5, 5.41) is 15.5. The zero-order valence-electron chi connectivity index (χ0n) is 17.7. The molecule has 2 bridgehead atoms. The summed E-state index contributed by atoms with van der Waals surface area (Å²) in [5.74, 6) is 0. The molecule has 2 fully saturated rings. The number of hydrogen-bond donors (Lipinski definition) is 4. The predicted octanol–water partition coefficient (Wildman–Crippen LogP) is 3.20. The Morgan fingerprint density at radius 3 is 1.57 bits per heavy atom. The monoisotopic (exact) mass is 385 g/mol. The molecule has 28 heavy (non-hydrogen) atoms. The Labute approximate surface area is 170 Å². The fraction of sp³-hybridized carbons (Fsp3) is 0.783. The van der Waals surface area contributed by atoms with Crippen molar-refractivity contribution in [2.45, 2.75) is 101 Å². The number of fused-ring (bicyclic) bond motifs is 4. The first-order chi connectivity index (χ1) is 13.7. The van der Waals surface area contributed by atoms with E-state index in [4.69, 9.17) is 4.98 Å². The first kappa shape index (κ1) is 20.3. The van der Waals surface area contributed by atoms with Gasteiger partial charge in [0, 0.05) is 49.3 Å². The normalized spacial score (nSPS) is 37.8. The topological polar surface area (TPSA) is 61.0 Å². The maximum absolute atomic E-state index is 5.06. The number of aromatic nitrogens is 1. The maximum Gasteiger partial charge on any atom is 0.0574 e. The van der Waals surface area contributed by atoms with Crippen LogP contribution in [0.4, 0.5) is 0 Å². The first-order valence-corrected chi connectivity index (χ1v) is 11.7. The fourth-order valence-corrected chi connectivity index (χ4v) is 5.43. The van der Waals surface area contributed by atoms with Gasteiger partial charge in [-0.3, -0.25) is 4.98 Å². The average Bonchev–Trinajstić information content (AvgIpc) is 2.73. The molecule has 3 aliphatic rings. The van der Waals surface area contributed by atoms with Crippen LogP contribution in [0.1, 0.15) is 88.7 Å². The molecule has 0 aromatic carbocycles. The highest BCUT2D eigenvalue weighted by atomic mass is 15.1. The standard InChI is InChI=1S/C23H39N5/c1-16-18-12-7-13-19(28-18)17(2)27-23-11-6-4-9-21(23)25-15-14-24-20-8-3-5-10-22(20)26-16/h7,12-13,16-17,20-27H,3-6,8-11,14-15H2,1-2H3/t16-,17+,20-,21?,22-,23?/m1/s1. The molecule has 4 N–H and O–H groups in total. The zero-order valence-corrected chi connectivity index (χ0v) is 17.7. The Morgan fingerprint density at radius 2 is 1.11 bits per heavy atom. The van der Waals surface area contributed by atoms with Crippen molar-refractivity contribution in [1.82, 2.24) is 26.3 Å². The molecule has 5 heteroatoms. The second-order valence-electron chi connectivity index (χ2n) is 9.17. The molecule has 0 radical (unpaired) electrons. The highest BCUT2D eigenvalue weighted by molar-refractivity contribution is 5.17. The van der Waals surface area contributed by atoms with Gasteiger partial charge in [0.1, 0.15) is 0 Å². The molecule has 6 atom stereocenters. The summed E-state index contributed by atoms with van der Waals surface area (Å²) < 4.78 is 0. The molecule has 0 saturated heterocycles. The molecule has 1 aromatic heterocycles. The molecule has 1 aromatic rings. The van der Waals surface area contributed by atoms with Gasteiger partial charge in [-0.05, 0) is 51.7 Å². The minimum atomic E-state index is 0.283. The molecule has 2 saturated carbocycles. The zero-order chi connectivity index (χ0) is 19.3. The number of pyridine rings is 1. The lowest BCUT2D eigenvalue weighted by atomic mass is 9.89. The SMILES string of the molecule is C[C@@H]1NC2CCCCC2NCCN[C@@H]2CCCC[C@H]2N[C@H](C)c2cccc1n2. The summed E-state index contributed by atoms with van der Waals surface area (Å²) in [6, 6.07) is 9.34. The lowest BCUT2D eigenvalue weighted by molar-refractivity contribution is 0.254. The Bertz CT molecular complexity index is 572. The molecule has 5 nitrogen and oxygen atoms in total. The highest BCUT2D eigenvalue weighted by Gasteiger charge is 2.29. The van der Waals surface area contributed by atoms with Gasteiger partial charge >= 0.3 is 0 Å². The Morgan fingerprint density at radius 1 is 0.679 bits per heavy atom. The summed E-state index contributed by atoms with van der Waals surface area (Å²) in [7, 11) is 0. The van der Waals surface area contributed by atoms with Crippen molar-refractivity contribution in [3.8, 4) is 0 Å². The molecule has 2 unspecified atom stereocenters. The summed E-state index contributed by atoms with van der Waals surface area (Å²) in [4.78, 5) is 5.06. The fourth-order valence-electron chi connectivity index (χ4n) is 5.43. The molecule has 2 heterocycles. The van der Waals surface area contributed by atoms with Gasteiger partial charge in [0.05, 0.1) is 11.4 Å². The van der Waals surface area contributed by atoms with Gasteiger partial charge in [0.15, 0.2) is 0 Å². The van der Waals surface area contributed by atoms with Crippen LogP contribution in [0.5, 0.6) is 0 Å². The predicted molar refractivity (Wildman–Crippen MR) is 115 cm³/mol. The molecular formula is C23H39N5. The van der Waals surface area contributed by atoms with Crippen molar-refractivity contribution < 1.29 is 0 Å². The van der Waals surface area contributed by atoms with E-state index < -0.39 is 0 Å². The molecule has 156 valence electrons. The van der Waals surface area contributed by atoms with E-state index >= 15 is 0 Å². The van der Waals surface area contributed by atoms with Gasteiger partial charge < -0.3 is 21.3 Å². The Kier molecular flexibility index (Phi) is 6.99. The number of hydrogen-bond acceptors (Lipinski definition) is 5. The van der Waals surface area contributed by atoms with Crippen LogP contribution in [0.15, 0.2) is 18.2 Å². The third-order valence-corrected chi connectivity index (χ3v) is 7.08. The average molecular weight is 386 g/mol. The second-order valence-corrected chi connectivity index (χ2v) is 9.17. The molecule has 0 amide bonds. The van der Waals surface area contributed by atoms with Gasteiger partial charge in [-0.2, -0.15) is 0 Å². The molecule has 0 spiro atoms. The van der Waals surface area contributed by atoms with E-state index in [1.54, 1.807) is 0 Å². The van der Waals surface area contributed by atoms with Crippen LogP contribution in [-0.2, 0) is 0 Å². The van der Waals surface area contributed by atoms with E-state index in [1.807, 2.05) is 0 Å². The van der Waals surface area contributed by atoms with Crippen LogP contribution in [0.2, 0.25) is 0 Å². The third kappa shape index (κ3) is 4.93. The number of nitrogens with zero attached hydrogens (tertiary/aromatic N) is 1. The summed E-state index contributed by atoms with van der Waals surface area (Å²) >= 11 is 0. The van der Waals surface area contributed by atoms with Crippen molar-refractivity contribution in [1.29, 1.82) is 0 Å². The van der Waals surface area contributed by atoms with Gasteiger partial charge in [-0.15, -0.1) is 0 Å². The van der Waals surface area contributed by atoms with Gasteiger partial charge in [0.25, 0.3) is 0 Å². The quantitative estimate of drug-likeness (QED) is 0.552. The van der Waals surface area contributed by atoms with E-state index in [2.05, 4.69) is 53.3 Å². The van der Waals surface area contributed by atoms with E-state index in [-0.39, 0.29) is 12.1 Å². The largest absolute Gasteiger partial charge is 0.311 e. The summed E-state index contributed by atoms with van der Waals surface area (Å²) in [6.07, 6.45) is 10.4. The van der Waals surface area contributed by atoms with Crippen molar-refractivity contribution in [3.63, 3.8) is 0 Å². The van der Waals surface area contributed by atoms with Crippen LogP contribution in [-0.4, -0.2) is 42.2 Å². The van der Waals surface area contributed by atoms with E-state index in [0.717, 1.165) is 13.1 Å². The molecule has 4 rings (SSSR count). The molecular weight excluding hydrogens is 346 g/mol. The molecule has 1 aliphatic heterocycles. The minimum Gasteiger partial charge on any atom is -0.311 e. The number of rotatable bonds is 0. The number of nitrogens with one attached hydrogen (secondary N) is 4. The van der Waals surface area contributed by atoms with Crippen LogP contribution in [0.25, 0.3) is 0 Å². The maximum atomic E-state index is 5.06. The van der Waals surface area contributed by atoms with E-state index in [9.17, 15) is 0 Å².